The Kier molecular flexibility index (Phi) is 6.38. The Bertz CT molecular complexity index is 1370. The Balaban J connectivity index is 1.38. The molecule has 5 rings (SSSR count). The van der Waals surface area contributed by atoms with Crippen LogP contribution in [0.1, 0.15) is 27.8 Å². The molecular weight excluding hydrogens is 436 g/mol. The van der Waals surface area contributed by atoms with E-state index in [1.807, 2.05) is 68.6 Å². The number of para-hydroxylation sites is 1. The number of aryl methyl sites for hydroxylation is 2. The number of aromatic nitrogens is 1. The molecule has 0 radical (unpaired) electrons. The van der Waals surface area contributed by atoms with Gasteiger partial charge in [-0.15, -0.1) is 0 Å². The third-order valence-corrected chi connectivity index (χ3v) is 6.62. The fraction of sp³-hybridized carbons (Fsp3) is 0.241. The lowest BCUT2D eigenvalue weighted by Gasteiger charge is -2.27. The van der Waals surface area contributed by atoms with E-state index in [0.717, 1.165) is 33.3 Å². The van der Waals surface area contributed by atoms with Crippen molar-refractivity contribution in [3.8, 4) is 0 Å². The molecular formula is C29H30N4O2. The highest BCUT2D eigenvalue weighted by atomic mass is 16.2. The van der Waals surface area contributed by atoms with E-state index in [1.165, 1.54) is 11.1 Å². The molecule has 0 saturated carbocycles. The molecule has 0 fully saturated rings. The molecule has 0 saturated heterocycles. The number of carbonyl (C=O) groups excluding carboxylic acids is 2. The van der Waals surface area contributed by atoms with Gasteiger partial charge in [-0.1, -0.05) is 48.5 Å². The maximum Gasteiger partial charge on any atom is 0.247 e. The lowest BCUT2D eigenvalue weighted by atomic mass is 9.95. The van der Waals surface area contributed by atoms with Crippen LogP contribution in [0, 0.1) is 13.8 Å². The number of hydrogen-bond acceptors (Lipinski definition) is 3. The normalized spacial score (nSPS) is 15.9. The first-order valence-corrected chi connectivity index (χ1v) is 12.0. The van der Waals surface area contributed by atoms with Gasteiger partial charge in [0.05, 0.1) is 6.04 Å². The van der Waals surface area contributed by atoms with Crippen LogP contribution in [0.5, 0.6) is 0 Å². The number of nitrogens with one attached hydrogen (secondary N) is 4. The van der Waals surface area contributed by atoms with Gasteiger partial charge < -0.3 is 20.9 Å². The van der Waals surface area contributed by atoms with E-state index in [9.17, 15) is 9.59 Å². The van der Waals surface area contributed by atoms with Gasteiger partial charge in [0.25, 0.3) is 0 Å². The van der Waals surface area contributed by atoms with E-state index in [2.05, 4.69) is 39.1 Å². The molecule has 2 heterocycles. The van der Waals surface area contributed by atoms with Crippen molar-refractivity contribution in [1.82, 2.24) is 15.6 Å². The van der Waals surface area contributed by atoms with Crippen LogP contribution in [0.25, 0.3) is 10.9 Å². The van der Waals surface area contributed by atoms with Crippen LogP contribution in [0.2, 0.25) is 0 Å². The molecule has 0 aliphatic carbocycles. The SMILES string of the molecule is Cc1cc(C)cc(NC(=O)[C@H](Cc2c[nH]c3ccccc23)NC(=O)[C@@H]2Cc3ccccc3CN2)c1. The lowest BCUT2D eigenvalue weighted by Crippen LogP contribution is -2.53. The van der Waals surface area contributed by atoms with Crippen molar-refractivity contribution in [3.63, 3.8) is 0 Å². The van der Waals surface area contributed by atoms with Gasteiger partial charge in [0.2, 0.25) is 11.8 Å². The number of anilines is 1. The van der Waals surface area contributed by atoms with Crippen molar-refractivity contribution in [3.05, 3.63) is 101 Å². The van der Waals surface area contributed by atoms with Gasteiger partial charge in [-0.25, -0.2) is 0 Å². The summed E-state index contributed by atoms with van der Waals surface area (Å²) >= 11 is 0. The van der Waals surface area contributed by atoms with Crippen molar-refractivity contribution in [2.75, 3.05) is 5.32 Å². The molecule has 1 aliphatic heterocycles. The number of benzene rings is 3. The summed E-state index contributed by atoms with van der Waals surface area (Å²) in [6, 6.07) is 21.0. The molecule has 178 valence electrons. The van der Waals surface area contributed by atoms with Crippen molar-refractivity contribution in [2.45, 2.75) is 45.3 Å². The van der Waals surface area contributed by atoms with Gasteiger partial charge in [-0.3, -0.25) is 9.59 Å². The second kappa shape index (κ2) is 9.76. The molecule has 1 aliphatic rings. The summed E-state index contributed by atoms with van der Waals surface area (Å²) in [6.45, 7) is 4.64. The molecule has 3 aromatic carbocycles. The third kappa shape index (κ3) is 5.12. The Morgan fingerprint density at radius 1 is 0.971 bits per heavy atom. The molecule has 2 atom stereocenters. The minimum atomic E-state index is -0.721. The average molecular weight is 467 g/mol. The summed E-state index contributed by atoms with van der Waals surface area (Å²) < 4.78 is 0. The number of hydrogen-bond donors (Lipinski definition) is 4. The van der Waals surface area contributed by atoms with Crippen LogP contribution in [0.4, 0.5) is 5.69 Å². The maximum absolute atomic E-state index is 13.5. The monoisotopic (exact) mass is 466 g/mol. The zero-order chi connectivity index (χ0) is 24.4. The first-order chi connectivity index (χ1) is 17.0. The van der Waals surface area contributed by atoms with E-state index < -0.39 is 6.04 Å². The van der Waals surface area contributed by atoms with Gasteiger partial charge in [0.15, 0.2) is 0 Å². The van der Waals surface area contributed by atoms with E-state index in [1.54, 1.807) is 0 Å². The predicted molar refractivity (Wildman–Crippen MR) is 139 cm³/mol. The summed E-state index contributed by atoms with van der Waals surface area (Å²) in [7, 11) is 0. The highest BCUT2D eigenvalue weighted by molar-refractivity contribution is 5.98. The molecule has 0 bridgehead atoms. The molecule has 4 N–H and O–H groups in total. The zero-order valence-corrected chi connectivity index (χ0v) is 20.0. The summed E-state index contributed by atoms with van der Waals surface area (Å²) in [5.74, 6) is -0.398. The molecule has 0 spiro atoms. The van der Waals surface area contributed by atoms with Crippen LogP contribution in [-0.2, 0) is 29.0 Å². The average Bonchev–Trinajstić information content (AvgIpc) is 3.25. The smallest absolute Gasteiger partial charge is 0.247 e. The van der Waals surface area contributed by atoms with E-state index in [-0.39, 0.29) is 17.9 Å². The number of H-pyrrole nitrogens is 1. The van der Waals surface area contributed by atoms with Gasteiger partial charge in [0.1, 0.15) is 6.04 Å². The molecule has 4 aromatic rings. The van der Waals surface area contributed by atoms with Gasteiger partial charge in [-0.05, 0) is 66.3 Å². The minimum absolute atomic E-state index is 0.167. The Hall–Kier alpha value is -3.90. The predicted octanol–water partition coefficient (Wildman–Crippen LogP) is 4.17. The quantitative estimate of drug-likeness (QED) is 0.344. The topological polar surface area (TPSA) is 86.0 Å². The fourth-order valence-corrected chi connectivity index (χ4v) is 4.92. The van der Waals surface area contributed by atoms with Crippen molar-refractivity contribution in [1.29, 1.82) is 0 Å². The van der Waals surface area contributed by atoms with Crippen molar-refractivity contribution < 1.29 is 9.59 Å². The van der Waals surface area contributed by atoms with Crippen LogP contribution in [-0.4, -0.2) is 28.9 Å². The third-order valence-electron chi connectivity index (χ3n) is 6.62. The number of fused-ring (bicyclic) bond motifs is 2. The van der Waals surface area contributed by atoms with Crippen molar-refractivity contribution in [2.24, 2.45) is 0 Å². The fourth-order valence-electron chi connectivity index (χ4n) is 4.92. The van der Waals surface area contributed by atoms with Crippen LogP contribution < -0.4 is 16.0 Å². The number of rotatable bonds is 6. The Morgan fingerprint density at radius 2 is 1.69 bits per heavy atom. The van der Waals surface area contributed by atoms with Crippen LogP contribution in [0.15, 0.2) is 72.9 Å². The Labute approximate surface area is 205 Å². The van der Waals surface area contributed by atoms with Crippen LogP contribution in [0.3, 0.4) is 0 Å². The van der Waals surface area contributed by atoms with Gasteiger partial charge >= 0.3 is 0 Å². The minimum Gasteiger partial charge on any atom is -0.361 e. The highest BCUT2D eigenvalue weighted by Crippen LogP contribution is 2.21. The maximum atomic E-state index is 13.5. The second-order valence-corrected chi connectivity index (χ2v) is 9.40. The first-order valence-electron chi connectivity index (χ1n) is 12.0. The molecule has 6 heteroatoms. The number of aromatic amines is 1. The van der Waals surface area contributed by atoms with Gasteiger partial charge in [-0.2, -0.15) is 0 Å². The standard InChI is InChI=1S/C29H30N4O2/c1-18-11-19(2)13-23(12-18)32-29(35)27(15-22-17-30-25-10-6-5-9-24(22)25)33-28(34)26-14-20-7-3-4-8-21(20)16-31-26/h3-13,17,26-27,30-31H,14-16H2,1-2H3,(H,32,35)(H,33,34)/t26-,27-/m0/s1. The molecule has 1 aromatic heterocycles. The first kappa shape index (κ1) is 22.9. The summed E-state index contributed by atoms with van der Waals surface area (Å²) in [6.07, 6.45) is 2.90. The number of amides is 2. The molecule has 0 unspecified atom stereocenters. The summed E-state index contributed by atoms with van der Waals surface area (Å²) in [5, 5.41) is 10.4. The number of carbonyl (C=O) groups is 2. The van der Waals surface area contributed by atoms with Gasteiger partial charge in [0, 0.05) is 35.8 Å². The Morgan fingerprint density at radius 3 is 2.49 bits per heavy atom. The summed E-state index contributed by atoms with van der Waals surface area (Å²) in [5.41, 5.74) is 7.25. The van der Waals surface area contributed by atoms with E-state index in [0.29, 0.717) is 19.4 Å². The molecule has 35 heavy (non-hydrogen) atoms. The van der Waals surface area contributed by atoms with E-state index >= 15 is 0 Å². The highest BCUT2D eigenvalue weighted by Gasteiger charge is 2.29. The van der Waals surface area contributed by atoms with E-state index in [4.69, 9.17) is 0 Å². The molecule has 2 amide bonds. The zero-order valence-electron chi connectivity index (χ0n) is 20.0. The summed E-state index contributed by atoms with van der Waals surface area (Å²) in [4.78, 5) is 30.0. The largest absolute Gasteiger partial charge is 0.361 e. The lowest BCUT2D eigenvalue weighted by molar-refractivity contribution is -0.128. The van der Waals surface area contributed by atoms with Crippen LogP contribution >= 0.6 is 0 Å². The second-order valence-electron chi connectivity index (χ2n) is 9.40. The molecule has 6 nitrogen and oxygen atoms in total. The van der Waals surface area contributed by atoms with Crippen molar-refractivity contribution >= 4 is 28.4 Å².